The van der Waals surface area contributed by atoms with E-state index in [9.17, 15) is 9.59 Å². The molecule has 166 valence electrons. The molecule has 2 heterocycles. The Morgan fingerprint density at radius 1 is 1.12 bits per heavy atom. The van der Waals surface area contributed by atoms with Crippen LogP contribution in [0.25, 0.3) is 0 Å². The molecule has 2 aromatic carbocycles. The molecule has 0 bridgehead atoms. The van der Waals surface area contributed by atoms with Gasteiger partial charge in [-0.1, -0.05) is 42.1 Å². The van der Waals surface area contributed by atoms with Gasteiger partial charge in [-0.15, -0.1) is 0 Å². The van der Waals surface area contributed by atoms with E-state index < -0.39 is 5.92 Å². The van der Waals surface area contributed by atoms with Gasteiger partial charge in [-0.05, 0) is 35.7 Å². The molecule has 1 aliphatic heterocycles. The largest absolute Gasteiger partial charge is 0.493 e. The Morgan fingerprint density at radius 3 is 2.59 bits per heavy atom. The van der Waals surface area contributed by atoms with Crippen LogP contribution in [0.15, 0.2) is 52.4 Å². The Balaban J connectivity index is 1.73. The number of fused-ring (bicyclic) bond motifs is 1. The van der Waals surface area contributed by atoms with E-state index in [1.165, 1.54) is 22.9 Å². The molecule has 32 heavy (non-hydrogen) atoms. The number of nitrogens with zero attached hydrogens (tertiary/aromatic N) is 2. The van der Waals surface area contributed by atoms with Gasteiger partial charge in [0, 0.05) is 25.1 Å². The molecular formula is C24H25N3O4S. The minimum Gasteiger partial charge on any atom is -0.493 e. The lowest BCUT2D eigenvalue weighted by Crippen LogP contribution is -2.33. The molecule has 1 N–H and O–H groups in total. The average Bonchev–Trinajstić information content (AvgIpc) is 2.80. The molecule has 7 nitrogen and oxygen atoms in total. The fourth-order valence-electron chi connectivity index (χ4n) is 3.93. The Kier molecular flexibility index (Phi) is 6.23. The fraction of sp³-hybridized carbons (Fsp3) is 0.292. The van der Waals surface area contributed by atoms with E-state index in [4.69, 9.17) is 9.47 Å². The van der Waals surface area contributed by atoms with Gasteiger partial charge in [-0.3, -0.25) is 9.59 Å². The smallest absolute Gasteiger partial charge is 0.279 e. The van der Waals surface area contributed by atoms with Gasteiger partial charge in [-0.2, -0.15) is 4.98 Å². The van der Waals surface area contributed by atoms with E-state index in [-0.39, 0.29) is 17.9 Å². The van der Waals surface area contributed by atoms with Gasteiger partial charge >= 0.3 is 0 Å². The number of amides is 1. The second-order valence-electron chi connectivity index (χ2n) is 7.66. The van der Waals surface area contributed by atoms with Crippen molar-refractivity contribution in [3.63, 3.8) is 0 Å². The summed E-state index contributed by atoms with van der Waals surface area (Å²) in [5, 5.41) is 3.45. The van der Waals surface area contributed by atoms with Crippen molar-refractivity contribution in [3.8, 4) is 11.5 Å². The zero-order valence-electron chi connectivity index (χ0n) is 18.5. The van der Waals surface area contributed by atoms with E-state index in [1.807, 2.05) is 31.3 Å². The standard InChI is InChI=1S/C24H25N3O4S/c1-14-7-5-6-8-16(14)13-32-24-26-23(29)21-17(12-20(28)25-22(21)27(24)2)15-9-10-18(30-3)19(11-15)31-4/h5-11,17H,12-13H2,1-4H3,(H,25,28). The van der Waals surface area contributed by atoms with Gasteiger partial charge in [0.05, 0.1) is 19.8 Å². The maximum Gasteiger partial charge on any atom is 0.279 e. The Hall–Kier alpha value is -3.26. The maximum absolute atomic E-state index is 13.1. The quantitative estimate of drug-likeness (QED) is 0.453. The Morgan fingerprint density at radius 2 is 1.88 bits per heavy atom. The summed E-state index contributed by atoms with van der Waals surface area (Å²) in [6.45, 7) is 2.06. The lowest BCUT2D eigenvalue weighted by molar-refractivity contribution is -0.116. The summed E-state index contributed by atoms with van der Waals surface area (Å²) >= 11 is 1.47. The van der Waals surface area contributed by atoms with E-state index in [1.54, 1.807) is 24.9 Å². The summed E-state index contributed by atoms with van der Waals surface area (Å²) in [6, 6.07) is 13.6. The number of hydrogen-bond acceptors (Lipinski definition) is 6. The van der Waals surface area contributed by atoms with E-state index in [2.05, 4.69) is 29.4 Å². The summed E-state index contributed by atoms with van der Waals surface area (Å²) < 4.78 is 12.5. The summed E-state index contributed by atoms with van der Waals surface area (Å²) in [5.41, 5.74) is 3.32. The number of ether oxygens (including phenoxy) is 2. The van der Waals surface area contributed by atoms with Crippen LogP contribution in [-0.2, 0) is 17.6 Å². The number of carbonyl (C=O) groups excluding carboxylic acids is 1. The first-order valence-corrected chi connectivity index (χ1v) is 11.2. The van der Waals surface area contributed by atoms with Gasteiger partial charge in [0.25, 0.3) is 5.56 Å². The van der Waals surface area contributed by atoms with Gasteiger partial charge in [0.15, 0.2) is 16.7 Å². The zero-order chi connectivity index (χ0) is 22.8. The summed E-state index contributed by atoms with van der Waals surface area (Å²) in [5.74, 6) is 1.75. The van der Waals surface area contributed by atoms with E-state index in [0.29, 0.717) is 33.8 Å². The highest BCUT2D eigenvalue weighted by Crippen LogP contribution is 2.39. The molecule has 0 saturated heterocycles. The molecule has 0 spiro atoms. The molecule has 8 heteroatoms. The molecule has 1 amide bonds. The minimum atomic E-state index is -0.417. The molecule has 1 unspecified atom stereocenters. The number of anilines is 1. The summed E-state index contributed by atoms with van der Waals surface area (Å²) in [4.78, 5) is 30.1. The lowest BCUT2D eigenvalue weighted by Gasteiger charge is -2.28. The fourth-order valence-corrected chi connectivity index (χ4v) is 4.97. The second kappa shape index (κ2) is 9.08. The first kappa shape index (κ1) is 22.0. The third kappa shape index (κ3) is 4.10. The predicted octanol–water partition coefficient (Wildman–Crippen LogP) is 3.87. The number of benzene rings is 2. The van der Waals surface area contributed by atoms with Crippen LogP contribution >= 0.6 is 11.8 Å². The van der Waals surface area contributed by atoms with Crippen molar-refractivity contribution in [2.75, 3.05) is 19.5 Å². The van der Waals surface area contributed by atoms with Crippen molar-refractivity contribution in [2.24, 2.45) is 7.05 Å². The Labute approximate surface area is 190 Å². The van der Waals surface area contributed by atoms with Crippen molar-refractivity contribution < 1.29 is 14.3 Å². The van der Waals surface area contributed by atoms with Crippen molar-refractivity contribution in [2.45, 2.75) is 30.2 Å². The summed E-state index contributed by atoms with van der Waals surface area (Å²) in [6.07, 6.45) is 0.162. The zero-order valence-corrected chi connectivity index (χ0v) is 19.3. The second-order valence-corrected chi connectivity index (χ2v) is 8.60. The van der Waals surface area contributed by atoms with E-state index in [0.717, 1.165) is 5.56 Å². The number of rotatable bonds is 6. The van der Waals surface area contributed by atoms with Crippen molar-refractivity contribution in [3.05, 3.63) is 75.1 Å². The average molecular weight is 452 g/mol. The number of methoxy groups -OCH3 is 2. The molecule has 0 aliphatic carbocycles. The van der Waals surface area contributed by atoms with Crippen LogP contribution in [0.2, 0.25) is 0 Å². The van der Waals surface area contributed by atoms with E-state index >= 15 is 0 Å². The highest BCUT2D eigenvalue weighted by molar-refractivity contribution is 7.98. The number of carbonyl (C=O) groups is 1. The monoisotopic (exact) mass is 451 g/mol. The molecule has 1 aromatic heterocycles. The topological polar surface area (TPSA) is 82.5 Å². The molecule has 4 rings (SSSR count). The number of hydrogen-bond donors (Lipinski definition) is 1. The SMILES string of the molecule is COc1ccc(C2CC(=O)Nc3c2c(=O)nc(SCc2ccccc2C)n3C)cc1OC. The Bertz CT molecular complexity index is 1240. The normalized spacial score (nSPS) is 15.1. The van der Waals surface area contributed by atoms with Crippen LogP contribution in [0.1, 0.15) is 34.6 Å². The number of aryl methyl sites for hydroxylation is 1. The van der Waals surface area contributed by atoms with Gasteiger partial charge in [0.2, 0.25) is 5.91 Å². The maximum atomic E-state index is 13.1. The number of nitrogens with one attached hydrogen (secondary N) is 1. The summed E-state index contributed by atoms with van der Waals surface area (Å²) in [7, 11) is 4.95. The van der Waals surface area contributed by atoms with Crippen LogP contribution < -0.4 is 20.3 Å². The number of aromatic nitrogens is 2. The molecule has 1 atom stereocenters. The van der Waals surface area contributed by atoms with Crippen molar-refractivity contribution in [1.82, 2.24) is 9.55 Å². The first-order chi connectivity index (χ1) is 15.4. The molecular weight excluding hydrogens is 426 g/mol. The predicted molar refractivity (Wildman–Crippen MR) is 125 cm³/mol. The van der Waals surface area contributed by atoms with Gasteiger partial charge < -0.3 is 19.4 Å². The van der Waals surface area contributed by atoms with Gasteiger partial charge in [0.1, 0.15) is 5.82 Å². The van der Waals surface area contributed by atoms with Crippen LogP contribution in [-0.4, -0.2) is 29.7 Å². The van der Waals surface area contributed by atoms with Gasteiger partial charge in [-0.25, -0.2) is 0 Å². The molecule has 0 saturated carbocycles. The van der Waals surface area contributed by atoms with Crippen LogP contribution in [0, 0.1) is 6.92 Å². The molecule has 1 aliphatic rings. The van der Waals surface area contributed by atoms with Crippen LogP contribution in [0.4, 0.5) is 5.82 Å². The highest BCUT2D eigenvalue weighted by Gasteiger charge is 2.32. The first-order valence-electron chi connectivity index (χ1n) is 10.2. The van der Waals surface area contributed by atoms with Crippen LogP contribution in [0.3, 0.4) is 0 Å². The van der Waals surface area contributed by atoms with Crippen molar-refractivity contribution >= 4 is 23.5 Å². The van der Waals surface area contributed by atoms with Crippen molar-refractivity contribution in [1.29, 1.82) is 0 Å². The molecule has 3 aromatic rings. The number of thioether (sulfide) groups is 1. The highest BCUT2D eigenvalue weighted by atomic mass is 32.2. The minimum absolute atomic E-state index is 0.145. The van der Waals surface area contributed by atoms with Crippen LogP contribution in [0.5, 0.6) is 11.5 Å². The third-order valence-electron chi connectivity index (χ3n) is 5.73. The third-order valence-corrected chi connectivity index (χ3v) is 6.81. The molecule has 0 fully saturated rings. The molecule has 0 radical (unpaired) electrons. The lowest BCUT2D eigenvalue weighted by atomic mass is 9.86.